The molecule has 26 heavy (non-hydrogen) atoms. The van der Waals surface area contributed by atoms with Crippen LogP contribution in [-0.2, 0) is 0 Å². The molecule has 1 N–H and O–H groups in total. The van der Waals surface area contributed by atoms with Gasteiger partial charge in [0.05, 0.1) is 5.56 Å². The van der Waals surface area contributed by atoms with Crippen molar-refractivity contribution < 1.29 is 27.1 Å². The van der Waals surface area contributed by atoms with Crippen molar-refractivity contribution in [1.82, 2.24) is 0 Å². The number of para-hydroxylation sites is 1. The summed E-state index contributed by atoms with van der Waals surface area (Å²) in [6.45, 7) is 0. The van der Waals surface area contributed by atoms with Gasteiger partial charge in [0, 0.05) is 11.8 Å². The number of benzene rings is 3. The molecule has 3 nitrogen and oxygen atoms in total. The van der Waals surface area contributed by atoms with E-state index in [1.54, 1.807) is 36.4 Å². The minimum atomic E-state index is -2.05. The molecule has 0 aliphatic carbocycles. The van der Waals surface area contributed by atoms with E-state index in [0.717, 1.165) is 0 Å². The molecule has 0 fully saturated rings. The van der Waals surface area contributed by atoms with E-state index in [2.05, 4.69) is 5.32 Å². The van der Waals surface area contributed by atoms with Crippen molar-refractivity contribution in [2.45, 2.75) is 0 Å². The van der Waals surface area contributed by atoms with Crippen LogP contribution in [0.5, 0.6) is 11.5 Å². The van der Waals surface area contributed by atoms with Crippen LogP contribution in [0.4, 0.5) is 23.2 Å². The molecule has 0 heterocycles. The average Bonchev–Trinajstić information content (AvgIpc) is 2.64. The molecule has 0 atom stereocenters. The van der Waals surface area contributed by atoms with E-state index in [1.165, 1.54) is 12.1 Å². The molecule has 3 aromatic carbocycles. The van der Waals surface area contributed by atoms with Gasteiger partial charge in [-0.25, -0.2) is 17.6 Å². The minimum Gasteiger partial charge on any atom is -0.457 e. The lowest BCUT2D eigenvalue weighted by Gasteiger charge is -2.10. The van der Waals surface area contributed by atoms with Gasteiger partial charge >= 0.3 is 0 Å². The highest BCUT2D eigenvalue weighted by atomic mass is 19.2. The Hall–Kier alpha value is -3.35. The summed E-state index contributed by atoms with van der Waals surface area (Å²) in [5.74, 6) is -7.63. The molecule has 1 amide bonds. The number of ether oxygens (including phenoxy) is 1. The summed E-state index contributed by atoms with van der Waals surface area (Å²) in [4.78, 5) is 12.1. The Kier molecular flexibility index (Phi) is 4.88. The fourth-order valence-electron chi connectivity index (χ4n) is 2.20. The Morgan fingerprint density at radius 3 is 2.19 bits per heavy atom. The second kappa shape index (κ2) is 7.26. The number of nitrogens with one attached hydrogen (secondary N) is 1. The van der Waals surface area contributed by atoms with Gasteiger partial charge in [-0.2, -0.15) is 0 Å². The standard InChI is InChI=1S/C19H11F4NO2/c20-15-10-14(16(21)18(23)17(15)22)19(25)24-11-5-4-8-13(9-11)26-12-6-2-1-3-7-12/h1-10H,(H,24,25). The quantitative estimate of drug-likeness (QED) is 0.390. The number of carbonyl (C=O) groups is 1. The van der Waals surface area contributed by atoms with E-state index in [4.69, 9.17) is 4.74 Å². The molecule has 0 aliphatic rings. The number of amides is 1. The second-order valence-electron chi connectivity index (χ2n) is 5.24. The van der Waals surface area contributed by atoms with E-state index >= 15 is 0 Å². The average molecular weight is 361 g/mol. The third kappa shape index (κ3) is 3.66. The van der Waals surface area contributed by atoms with E-state index in [-0.39, 0.29) is 5.69 Å². The predicted octanol–water partition coefficient (Wildman–Crippen LogP) is 5.29. The van der Waals surface area contributed by atoms with Gasteiger partial charge in [0.1, 0.15) is 11.5 Å². The Morgan fingerprint density at radius 1 is 0.769 bits per heavy atom. The van der Waals surface area contributed by atoms with Gasteiger partial charge < -0.3 is 10.1 Å². The van der Waals surface area contributed by atoms with Crippen molar-refractivity contribution in [2.75, 3.05) is 5.32 Å². The Bertz CT molecular complexity index is 961. The fourth-order valence-corrected chi connectivity index (χ4v) is 2.20. The van der Waals surface area contributed by atoms with Crippen molar-refractivity contribution in [1.29, 1.82) is 0 Å². The number of carbonyl (C=O) groups excluding carboxylic acids is 1. The van der Waals surface area contributed by atoms with Crippen LogP contribution < -0.4 is 10.1 Å². The Morgan fingerprint density at radius 2 is 1.46 bits per heavy atom. The smallest absolute Gasteiger partial charge is 0.258 e. The molecule has 0 unspecified atom stereocenters. The van der Waals surface area contributed by atoms with Gasteiger partial charge in [0.25, 0.3) is 5.91 Å². The van der Waals surface area contributed by atoms with E-state index in [0.29, 0.717) is 17.6 Å². The number of anilines is 1. The zero-order chi connectivity index (χ0) is 18.7. The van der Waals surface area contributed by atoms with Crippen molar-refractivity contribution in [3.63, 3.8) is 0 Å². The summed E-state index contributed by atoms with van der Waals surface area (Å²) in [7, 11) is 0. The number of hydrogen-bond donors (Lipinski definition) is 1. The second-order valence-corrected chi connectivity index (χ2v) is 5.24. The largest absolute Gasteiger partial charge is 0.457 e. The van der Waals surface area contributed by atoms with Crippen LogP contribution in [-0.4, -0.2) is 5.91 Å². The maximum Gasteiger partial charge on any atom is 0.258 e. The minimum absolute atomic E-state index is 0.202. The molecule has 3 aromatic rings. The highest BCUT2D eigenvalue weighted by Gasteiger charge is 2.23. The Balaban J connectivity index is 1.81. The molecule has 0 saturated carbocycles. The molecule has 0 bridgehead atoms. The van der Waals surface area contributed by atoms with Gasteiger partial charge in [-0.1, -0.05) is 24.3 Å². The normalized spacial score (nSPS) is 10.5. The molecule has 0 spiro atoms. The van der Waals surface area contributed by atoms with Crippen LogP contribution in [0.1, 0.15) is 10.4 Å². The lowest BCUT2D eigenvalue weighted by Crippen LogP contribution is -2.16. The maximum absolute atomic E-state index is 13.7. The molecule has 0 saturated heterocycles. The molecule has 7 heteroatoms. The third-order valence-corrected chi connectivity index (χ3v) is 3.42. The number of hydrogen-bond acceptors (Lipinski definition) is 2. The number of rotatable bonds is 4. The molecular formula is C19H11F4NO2. The monoisotopic (exact) mass is 361 g/mol. The van der Waals surface area contributed by atoms with Crippen LogP contribution >= 0.6 is 0 Å². The summed E-state index contributed by atoms with van der Waals surface area (Å²) < 4.78 is 58.8. The summed E-state index contributed by atoms with van der Waals surface area (Å²) in [6, 6.07) is 15.2. The lowest BCUT2D eigenvalue weighted by molar-refractivity contribution is 0.102. The molecule has 0 radical (unpaired) electrons. The lowest BCUT2D eigenvalue weighted by atomic mass is 10.1. The molecule has 132 valence electrons. The Labute approximate surface area is 145 Å². The van der Waals surface area contributed by atoms with Gasteiger partial charge in [-0.3, -0.25) is 4.79 Å². The van der Waals surface area contributed by atoms with Crippen LogP contribution in [0.25, 0.3) is 0 Å². The SMILES string of the molecule is O=C(Nc1cccc(Oc2ccccc2)c1)c1cc(F)c(F)c(F)c1F. The first kappa shape index (κ1) is 17.5. The van der Waals surface area contributed by atoms with Crippen molar-refractivity contribution in [2.24, 2.45) is 0 Å². The molecule has 3 rings (SSSR count). The maximum atomic E-state index is 13.7. The first-order valence-electron chi connectivity index (χ1n) is 7.43. The van der Waals surface area contributed by atoms with Crippen LogP contribution in [0.2, 0.25) is 0 Å². The van der Waals surface area contributed by atoms with Crippen molar-refractivity contribution in [3.05, 3.63) is 89.5 Å². The third-order valence-electron chi connectivity index (χ3n) is 3.42. The molecule has 0 aromatic heterocycles. The summed E-state index contributed by atoms with van der Waals surface area (Å²) in [6.07, 6.45) is 0. The fraction of sp³-hybridized carbons (Fsp3) is 0. The van der Waals surface area contributed by atoms with Gasteiger partial charge in [0.2, 0.25) is 0 Å². The molecular weight excluding hydrogens is 350 g/mol. The van der Waals surface area contributed by atoms with E-state index < -0.39 is 34.7 Å². The van der Waals surface area contributed by atoms with Gasteiger partial charge in [-0.05, 0) is 30.3 Å². The number of halogens is 4. The van der Waals surface area contributed by atoms with Gasteiger partial charge in [-0.15, -0.1) is 0 Å². The first-order chi connectivity index (χ1) is 12.5. The first-order valence-corrected chi connectivity index (χ1v) is 7.43. The van der Waals surface area contributed by atoms with Gasteiger partial charge in [0.15, 0.2) is 23.3 Å². The van der Waals surface area contributed by atoms with E-state index in [1.807, 2.05) is 6.07 Å². The zero-order valence-corrected chi connectivity index (χ0v) is 13.1. The highest BCUT2D eigenvalue weighted by Crippen LogP contribution is 2.25. The van der Waals surface area contributed by atoms with Crippen molar-refractivity contribution >= 4 is 11.6 Å². The topological polar surface area (TPSA) is 38.3 Å². The van der Waals surface area contributed by atoms with Crippen LogP contribution in [0.15, 0.2) is 60.7 Å². The van der Waals surface area contributed by atoms with E-state index in [9.17, 15) is 22.4 Å². The highest BCUT2D eigenvalue weighted by molar-refractivity contribution is 6.04. The van der Waals surface area contributed by atoms with Crippen LogP contribution in [0, 0.1) is 23.3 Å². The predicted molar refractivity (Wildman–Crippen MR) is 87.2 cm³/mol. The molecule has 0 aliphatic heterocycles. The zero-order valence-electron chi connectivity index (χ0n) is 13.1. The van der Waals surface area contributed by atoms with Crippen LogP contribution in [0.3, 0.4) is 0 Å². The summed E-state index contributed by atoms with van der Waals surface area (Å²) >= 11 is 0. The van der Waals surface area contributed by atoms with Crippen molar-refractivity contribution in [3.8, 4) is 11.5 Å². The summed E-state index contributed by atoms with van der Waals surface area (Å²) in [5, 5.41) is 2.28. The summed E-state index contributed by atoms with van der Waals surface area (Å²) in [5.41, 5.74) is -0.747.